The normalized spacial score (nSPS) is 17.1. The van der Waals surface area contributed by atoms with Crippen LogP contribution >= 0.6 is 0 Å². The number of aryl methyl sites for hydroxylation is 1. The predicted molar refractivity (Wildman–Crippen MR) is 99.6 cm³/mol. The number of alkyl halides is 3. The molecule has 4 nitrogen and oxygen atoms in total. The van der Waals surface area contributed by atoms with E-state index in [0.717, 1.165) is 29.8 Å². The molecule has 0 saturated carbocycles. The number of anilines is 1. The van der Waals surface area contributed by atoms with Crippen LogP contribution in [-0.4, -0.2) is 18.4 Å². The zero-order valence-corrected chi connectivity index (χ0v) is 15.4. The Morgan fingerprint density at radius 1 is 1.18 bits per heavy atom. The van der Waals surface area contributed by atoms with E-state index in [1.165, 1.54) is 12.1 Å². The van der Waals surface area contributed by atoms with Gasteiger partial charge in [0.1, 0.15) is 0 Å². The number of para-hydroxylation sites is 1. The Hall–Kier alpha value is -2.83. The van der Waals surface area contributed by atoms with Crippen molar-refractivity contribution in [2.24, 2.45) is 5.92 Å². The molecule has 3 rings (SSSR count). The monoisotopic (exact) mass is 390 g/mol. The molecule has 1 N–H and O–H groups in total. The molecule has 1 heterocycles. The lowest BCUT2D eigenvalue weighted by atomic mass is 10.1. The second-order valence-corrected chi connectivity index (χ2v) is 6.80. The summed E-state index contributed by atoms with van der Waals surface area (Å²) in [6, 6.07) is 12.4. The number of amides is 2. The minimum Gasteiger partial charge on any atom is -0.352 e. The molecule has 2 aromatic carbocycles. The molecule has 0 spiro atoms. The molecule has 2 aromatic rings. The molecule has 7 heteroatoms. The van der Waals surface area contributed by atoms with E-state index in [1.807, 2.05) is 31.2 Å². The summed E-state index contributed by atoms with van der Waals surface area (Å²) in [5.41, 5.74) is 1.45. The number of rotatable bonds is 5. The molecule has 1 aliphatic rings. The number of hydrogen-bond acceptors (Lipinski definition) is 2. The Labute approximate surface area is 161 Å². The fraction of sp³-hybridized carbons (Fsp3) is 0.333. The molecule has 28 heavy (non-hydrogen) atoms. The van der Waals surface area contributed by atoms with Crippen molar-refractivity contribution in [3.8, 4) is 0 Å². The first-order valence-corrected chi connectivity index (χ1v) is 9.11. The summed E-state index contributed by atoms with van der Waals surface area (Å²) in [4.78, 5) is 26.5. The van der Waals surface area contributed by atoms with Crippen LogP contribution in [0.1, 0.15) is 30.0 Å². The smallest absolute Gasteiger partial charge is 0.352 e. The summed E-state index contributed by atoms with van der Waals surface area (Å²) in [6.07, 6.45) is -3.57. The van der Waals surface area contributed by atoms with Crippen LogP contribution in [0.3, 0.4) is 0 Å². The highest BCUT2D eigenvalue weighted by Gasteiger charge is 2.35. The lowest BCUT2D eigenvalue weighted by Gasteiger charge is -2.20. The number of nitrogens with one attached hydrogen (secondary N) is 1. The van der Waals surface area contributed by atoms with Crippen molar-refractivity contribution in [1.82, 2.24) is 5.32 Å². The van der Waals surface area contributed by atoms with Gasteiger partial charge in [0, 0.05) is 25.2 Å². The van der Waals surface area contributed by atoms with Crippen molar-refractivity contribution in [3.63, 3.8) is 0 Å². The maximum absolute atomic E-state index is 12.8. The van der Waals surface area contributed by atoms with Gasteiger partial charge in [0.2, 0.25) is 11.8 Å². The molecule has 0 aromatic heterocycles. The molecule has 0 bridgehead atoms. The maximum Gasteiger partial charge on any atom is 0.416 e. The Kier molecular flexibility index (Phi) is 5.72. The van der Waals surface area contributed by atoms with Crippen LogP contribution in [0.5, 0.6) is 0 Å². The maximum atomic E-state index is 12.8. The lowest BCUT2D eigenvalue weighted by molar-refractivity contribution is -0.137. The summed E-state index contributed by atoms with van der Waals surface area (Å²) >= 11 is 0. The van der Waals surface area contributed by atoms with E-state index in [1.54, 1.807) is 4.90 Å². The van der Waals surface area contributed by atoms with Gasteiger partial charge >= 0.3 is 6.18 Å². The van der Waals surface area contributed by atoms with Crippen LogP contribution in [-0.2, 0) is 28.7 Å². The highest BCUT2D eigenvalue weighted by molar-refractivity contribution is 6.00. The number of nitrogens with zero attached hydrogens (tertiary/aromatic N) is 1. The van der Waals surface area contributed by atoms with Crippen molar-refractivity contribution in [1.29, 1.82) is 0 Å². The van der Waals surface area contributed by atoms with E-state index in [9.17, 15) is 22.8 Å². The molecular weight excluding hydrogens is 369 g/mol. The zero-order chi connectivity index (χ0) is 20.3. The largest absolute Gasteiger partial charge is 0.416 e. The van der Waals surface area contributed by atoms with Gasteiger partial charge in [0.25, 0.3) is 0 Å². The summed E-state index contributed by atoms with van der Waals surface area (Å²) in [5, 5.41) is 2.66. The molecule has 1 unspecified atom stereocenters. The van der Waals surface area contributed by atoms with Crippen molar-refractivity contribution in [3.05, 3.63) is 65.2 Å². The standard InChI is InChI=1S/C21H21F3N2O2/c1-2-15-7-3-4-9-18(15)26-13-16(11-19(26)27)20(28)25-12-14-6-5-8-17(10-14)21(22,23)24/h3-10,16H,2,11-13H2,1H3,(H,25,28). The Balaban J connectivity index is 1.64. The van der Waals surface area contributed by atoms with Gasteiger partial charge in [-0.25, -0.2) is 0 Å². The SMILES string of the molecule is CCc1ccccc1N1CC(C(=O)NCc2cccc(C(F)(F)F)c2)CC1=O. The average molecular weight is 390 g/mol. The summed E-state index contributed by atoms with van der Waals surface area (Å²) in [7, 11) is 0. The Morgan fingerprint density at radius 2 is 1.93 bits per heavy atom. The highest BCUT2D eigenvalue weighted by atomic mass is 19.4. The van der Waals surface area contributed by atoms with Crippen LogP contribution in [0.15, 0.2) is 48.5 Å². The van der Waals surface area contributed by atoms with E-state index < -0.39 is 17.7 Å². The van der Waals surface area contributed by atoms with Crippen molar-refractivity contribution in [2.75, 3.05) is 11.4 Å². The summed E-state index contributed by atoms with van der Waals surface area (Å²) in [6.45, 7) is 2.25. The number of halogens is 3. The van der Waals surface area contributed by atoms with Gasteiger partial charge in [-0.05, 0) is 35.7 Å². The van der Waals surface area contributed by atoms with E-state index in [0.29, 0.717) is 5.56 Å². The van der Waals surface area contributed by atoms with E-state index in [4.69, 9.17) is 0 Å². The van der Waals surface area contributed by atoms with Gasteiger partial charge < -0.3 is 10.2 Å². The first kappa shape index (κ1) is 19.9. The number of carbonyl (C=O) groups is 2. The quantitative estimate of drug-likeness (QED) is 0.841. The second-order valence-electron chi connectivity index (χ2n) is 6.80. The average Bonchev–Trinajstić information content (AvgIpc) is 3.07. The molecule has 1 aliphatic heterocycles. The Bertz CT molecular complexity index is 880. The fourth-order valence-corrected chi connectivity index (χ4v) is 3.38. The van der Waals surface area contributed by atoms with Gasteiger partial charge in [-0.1, -0.05) is 37.3 Å². The van der Waals surface area contributed by atoms with E-state index in [2.05, 4.69) is 5.32 Å². The molecule has 1 atom stereocenters. The molecule has 2 amide bonds. The number of carbonyl (C=O) groups excluding carboxylic acids is 2. The second kappa shape index (κ2) is 8.04. The van der Waals surface area contributed by atoms with Crippen molar-refractivity contribution >= 4 is 17.5 Å². The third-order valence-corrected chi connectivity index (χ3v) is 4.88. The molecule has 1 fully saturated rings. The molecule has 0 aliphatic carbocycles. The van der Waals surface area contributed by atoms with Gasteiger partial charge in [-0.3, -0.25) is 9.59 Å². The number of benzene rings is 2. The molecule has 1 saturated heterocycles. The third kappa shape index (κ3) is 4.35. The van der Waals surface area contributed by atoms with E-state index >= 15 is 0 Å². The van der Waals surface area contributed by atoms with Crippen LogP contribution in [0.4, 0.5) is 18.9 Å². The van der Waals surface area contributed by atoms with Crippen molar-refractivity contribution < 1.29 is 22.8 Å². The third-order valence-electron chi connectivity index (χ3n) is 4.88. The zero-order valence-electron chi connectivity index (χ0n) is 15.4. The van der Waals surface area contributed by atoms with Gasteiger partial charge in [-0.2, -0.15) is 13.2 Å². The van der Waals surface area contributed by atoms with Crippen LogP contribution in [0.2, 0.25) is 0 Å². The minimum atomic E-state index is -4.43. The van der Waals surface area contributed by atoms with Gasteiger partial charge in [-0.15, -0.1) is 0 Å². The highest BCUT2D eigenvalue weighted by Crippen LogP contribution is 2.30. The first-order chi connectivity index (χ1) is 13.3. The molecule has 148 valence electrons. The summed E-state index contributed by atoms with van der Waals surface area (Å²) in [5.74, 6) is -0.981. The van der Waals surface area contributed by atoms with Crippen LogP contribution in [0.25, 0.3) is 0 Å². The minimum absolute atomic E-state index is 0.0149. The van der Waals surface area contributed by atoms with Crippen molar-refractivity contribution in [2.45, 2.75) is 32.5 Å². The van der Waals surface area contributed by atoms with Crippen LogP contribution < -0.4 is 10.2 Å². The van der Waals surface area contributed by atoms with Crippen LogP contribution in [0, 0.1) is 5.92 Å². The first-order valence-electron chi connectivity index (χ1n) is 9.11. The summed E-state index contributed by atoms with van der Waals surface area (Å²) < 4.78 is 38.4. The molecule has 0 radical (unpaired) electrons. The predicted octanol–water partition coefficient (Wildman–Crippen LogP) is 3.94. The van der Waals surface area contributed by atoms with Gasteiger partial charge in [0.15, 0.2) is 0 Å². The molecular formula is C21H21F3N2O2. The van der Waals surface area contributed by atoms with E-state index in [-0.39, 0.29) is 31.3 Å². The van der Waals surface area contributed by atoms with Gasteiger partial charge in [0.05, 0.1) is 11.5 Å². The fourth-order valence-electron chi connectivity index (χ4n) is 3.38. The number of hydrogen-bond donors (Lipinski definition) is 1. The Morgan fingerprint density at radius 3 is 2.64 bits per heavy atom. The topological polar surface area (TPSA) is 49.4 Å². The lowest BCUT2D eigenvalue weighted by Crippen LogP contribution is -2.32.